The minimum absolute atomic E-state index is 0.291. The summed E-state index contributed by atoms with van der Waals surface area (Å²) in [7, 11) is 0. The van der Waals surface area contributed by atoms with Crippen molar-refractivity contribution in [1.29, 1.82) is 0 Å². The molecule has 1 saturated carbocycles. The first-order valence-electron chi connectivity index (χ1n) is 5.10. The molecule has 1 atom stereocenters. The third-order valence-electron chi connectivity index (χ3n) is 2.34. The summed E-state index contributed by atoms with van der Waals surface area (Å²) in [6.45, 7) is 2.72. The van der Waals surface area contributed by atoms with E-state index in [1.54, 1.807) is 0 Å². The first kappa shape index (κ1) is 10.5. The van der Waals surface area contributed by atoms with Crippen LogP contribution in [0.5, 0.6) is 0 Å². The van der Waals surface area contributed by atoms with Crippen LogP contribution in [0.3, 0.4) is 0 Å². The third-order valence-corrected chi connectivity index (χ3v) is 2.34. The summed E-state index contributed by atoms with van der Waals surface area (Å²) in [5, 5.41) is 8.82. The van der Waals surface area contributed by atoms with Crippen LogP contribution in [-0.2, 0) is 9.53 Å². The number of carboxylic acid groups (broad SMARTS) is 1. The maximum atomic E-state index is 10.7. The zero-order chi connectivity index (χ0) is 9.68. The second kappa shape index (κ2) is 5.22. The van der Waals surface area contributed by atoms with E-state index in [0.717, 1.165) is 32.1 Å². The van der Waals surface area contributed by atoms with E-state index >= 15 is 0 Å². The number of unbranched alkanes of at least 4 members (excludes halogenated alkanes) is 2. The van der Waals surface area contributed by atoms with E-state index in [2.05, 4.69) is 6.92 Å². The van der Waals surface area contributed by atoms with Crippen LogP contribution in [0.1, 0.15) is 39.0 Å². The van der Waals surface area contributed by atoms with Gasteiger partial charge in [-0.05, 0) is 25.2 Å². The largest absolute Gasteiger partial charge is 0.479 e. The van der Waals surface area contributed by atoms with Gasteiger partial charge < -0.3 is 9.84 Å². The molecular formula is C10H18O3. The van der Waals surface area contributed by atoms with Gasteiger partial charge in [-0.1, -0.05) is 19.8 Å². The van der Waals surface area contributed by atoms with Gasteiger partial charge in [0.05, 0.1) is 0 Å². The number of rotatable bonds is 7. The standard InChI is InChI=1S/C10H18O3/c1-2-3-4-7-13-9(10(11)12)8-5-6-8/h8-9H,2-7H2,1H3,(H,11,12). The lowest BCUT2D eigenvalue weighted by Gasteiger charge is -2.11. The van der Waals surface area contributed by atoms with Gasteiger partial charge in [-0.3, -0.25) is 0 Å². The Balaban J connectivity index is 2.11. The summed E-state index contributed by atoms with van der Waals surface area (Å²) in [6.07, 6.45) is 4.75. The normalized spacial score (nSPS) is 18.5. The van der Waals surface area contributed by atoms with Crippen LogP contribution in [0.25, 0.3) is 0 Å². The molecule has 1 aliphatic rings. The van der Waals surface area contributed by atoms with E-state index in [1.807, 2.05) is 0 Å². The molecule has 1 rings (SSSR count). The van der Waals surface area contributed by atoms with E-state index in [0.29, 0.717) is 12.5 Å². The van der Waals surface area contributed by atoms with Crippen LogP contribution in [0.15, 0.2) is 0 Å². The van der Waals surface area contributed by atoms with Crippen molar-refractivity contribution in [1.82, 2.24) is 0 Å². The van der Waals surface area contributed by atoms with E-state index in [1.165, 1.54) is 0 Å². The summed E-state index contributed by atoms with van der Waals surface area (Å²) in [5.41, 5.74) is 0. The molecule has 0 amide bonds. The van der Waals surface area contributed by atoms with E-state index < -0.39 is 12.1 Å². The van der Waals surface area contributed by atoms with Crippen LogP contribution in [0.4, 0.5) is 0 Å². The van der Waals surface area contributed by atoms with Crippen molar-refractivity contribution in [2.24, 2.45) is 5.92 Å². The predicted octanol–water partition coefficient (Wildman–Crippen LogP) is 2.06. The van der Waals surface area contributed by atoms with Gasteiger partial charge >= 0.3 is 5.97 Å². The molecule has 13 heavy (non-hydrogen) atoms. The Morgan fingerprint density at radius 3 is 2.69 bits per heavy atom. The monoisotopic (exact) mass is 186 g/mol. The van der Waals surface area contributed by atoms with Crippen molar-refractivity contribution in [2.75, 3.05) is 6.61 Å². The Labute approximate surface area is 79.1 Å². The van der Waals surface area contributed by atoms with Crippen LogP contribution in [0.2, 0.25) is 0 Å². The summed E-state index contributed by atoms with van der Waals surface area (Å²) >= 11 is 0. The number of hydrogen-bond acceptors (Lipinski definition) is 2. The molecular weight excluding hydrogens is 168 g/mol. The van der Waals surface area contributed by atoms with E-state index in [-0.39, 0.29) is 0 Å². The number of ether oxygens (including phenoxy) is 1. The van der Waals surface area contributed by atoms with Crippen LogP contribution >= 0.6 is 0 Å². The zero-order valence-corrected chi connectivity index (χ0v) is 8.16. The Morgan fingerprint density at radius 1 is 1.54 bits per heavy atom. The number of carboxylic acids is 1. The second-order valence-electron chi connectivity index (χ2n) is 3.67. The molecule has 0 saturated heterocycles. The fourth-order valence-electron chi connectivity index (χ4n) is 1.37. The van der Waals surface area contributed by atoms with Gasteiger partial charge in [0.25, 0.3) is 0 Å². The van der Waals surface area contributed by atoms with Gasteiger partial charge in [0.1, 0.15) is 0 Å². The third kappa shape index (κ3) is 3.77. The van der Waals surface area contributed by atoms with Crippen molar-refractivity contribution in [3.05, 3.63) is 0 Å². The molecule has 1 aliphatic carbocycles. The smallest absolute Gasteiger partial charge is 0.333 e. The Kier molecular flexibility index (Phi) is 4.22. The number of aliphatic carboxylic acids is 1. The number of hydrogen-bond donors (Lipinski definition) is 1. The van der Waals surface area contributed by atoms with Gasteiger partial charge in [0.15, 0.2) is 6.10 Å². The topological polar surface area (TPSA) is 46.5 Å². The molecule has 3 heteroatoms. The van der Waals surface area contributed by atoms with Crippen molar-refractivity contribution < 1.29 is 14.6 Å². The Bertz CT molecular complexity index is 164. The minimum Gasteiger partial charge on any atom is -0.479 e. The molecule has 0 aliphatic heterocycles. The van der Waals surface area contributed by atoms with Crippen molar-refractivity contribution in [3.8, 4) is 0 Å². The van der Waals surface area contributed by atoms with Crippen LogP contribution in [0, 0.1) is 5.92 Å². The SMILES string of the molecule is CCCCCOC(C(=O)O)C1CC1. The predicted molar refractivity (Wildman–Crippen MR) is 49.6 cm³/mol. The molecule has 0 heterocycles. The van der Waals surface area contributed by atoms with E-state index in [4.69, 9.17) is 9.84 Å². The molecule has 0 aromatic carbocycles. The quantitative estimate of drug-likeness (QED) is 0.619. The van der Waals surface area contributed by atoms with Crippen LogP contribution in [-0.4, -0.2) is 23.8 Å². The maximum absolute atomic E-state index is 10.7. The molecule has 1 unspecified atom stereocenters. The molecule has 0 radical (unpaired) electrons. The molecule has 76 valence electrons. The second-order valence-corrected chi connectivity index (χ2v) is 3.67. The molecule has 0 aromatic heterocycles. The van der Waals surface area contributed by atoms with Crippen molar-refractivity contribution in [2.45, 2.75) is 45.1 Å². The fourth-order valence-corrected chi connectivity index (χ4v) is 1.37. The summed E-state index contributed by atoms with van der Waals surface area (Å²) in [5.74, 6) is -0.502. The lowest BCUT2D eigenvalue weighted by Crippen LogP contribution is -2.26. The minimum atomic E-state index is -0.793. The molecule has 0 aromatic rings. The van der Waals surface area contributed by atoms with Gasteiger partial charge in [-0.2, -0.15) is 0 Å². The molecule has 0 bridgehead atoms. The lowest BCUT2D eigenvalue weighted by molar-refractivity contribution is -0.151. The highest BCUT2D eigenvalue weighted by Gasteiger charge is 2.36. The average Bonchev–Trinajstić information content (AvgIpc) is 2.87. The van der Waals surface area contributed by atoms with E-state index in [9.17, 15) is 4.79 Å². The maximum Gasteiger partial charge on any atom is 0.333 e. The fraction of sp³-hybridized carbons (Fsp3) is 0.900. The molecule has 3 nitrogen and oxygen atoms in total. The zero-order valence-electron chi connectivity index (χ0n) is 8.16. The van der Waals surface area contributed by atoms with Gasteiger partial charge in [0, 0.05) is 6.61 Å². The molecule has 1 fully saturated rings. The highest BCUT2D eigenvalue weighted by atomic mass is 16.5. The Hall–Kier alpha value is -0.570. The average molecular weight is 186 g/mol. The lowest BCUT2D eigenvalue weighted by atomic mass is 10.2. The van der Waals surface area contributed by atoms with Crippen molar-refractivity contribution >= 4 is 5.97 Å². The summed E-state index contributed by atoms with van der Waals surface area (Å²) in [4.78, 5) is 10.7. The molecule has 1 N–H and O–H groups in total. The van der Waals surface area contributed by atoms with Gasteiger partial charge in [0.2, 0.25) is 0 Å². The highest BCUT2D eigenvalue weighted by Crippen LogP contribution is 2.34. The van der Waals surface area contributed by atoms with Gasteiger partial charge in [-0.25, -0.2) is 4.79 Å². The summed E-state index contributed by atoms with van der Waals surface area (Å²) in [6, 6.07) is 0. The first-order chi connectivity index (χ1) is 6.25. The van der Waals surface area contributed by atoms with Crippen LogP contribution < -0.4 is 0 Å². The van der Waals surface area contributed by atoms with Crippen molar-refractivity contribution in [3.63, 3.8) is 0 Å². The summed E-state index contributed by atoms with van der Waals surface area (Å²) < 4.78 is 5.33. The first-order valence-corrected chi connectivity index (χ1v) is 5.10. The highest BCUT2D eigenvalue weighted by molar-refractivity contribution is 5.73. The molecule has 0 spiro atoms. The number of carbonyl (C=O) groups is 1. The Morgan fingerprint density at radius 2 is 2.23 bits per heavy atom. The van der Waals surface area contributed by atoms with Gasteiger partial charge in [-0.15, -0.1) is 0 Å².